The Kier molecular flexibility index (Phi) is 1.78. The molecule has 1 saturated carbocycles. The SMILES string of the molecule is C=C1CCC(C(N)=O)C1(C)C. The highest BCUT2D eigenvalue weighted by atomic mass is 16.1. The van der Waals surface area contributed by atoms with Gasteiger partial charge in [0.15, 0.2) is 0 Å². The van der Waals surface area contributed by atoms with Crippen LogP contribution < -0.4 is 5.73 Å². The van der Waals surface area contributed by atoms with Crippen LogP contribution in [0.2, 0.25) is 0 Å². The number of hydrogen-bond donors (Lipinski definition) is 1. The summed E-state index contributed by atoms with van der Waals surface area (Å²) in [4.78, 5) is 10.9. The Balaban J connectivity index is 2.87. The van der Waals surface area contributed by atoms with E-state index >= 15 is 0 Å². The fourth-order valence-electron chi connectivity index (χ4n) is 1.75. The molecule has 0 aromatic heterocycles. The van der Waals surface area contributed by atoms with E-state index in [9.17, 15) is 4.79 Å². The molecule has 0 spiro atoms. The molecular weight excluding hydrogens is 138 g/mol. The van der Waals surface area contributed by atoms with Crippen LogP contribution in [0, 0.1) is 11.3 Å². The molecule has 1 fully saturated rings. The van der Waals surface area contributed by atoms with E-state index in [2.05, 4.69) is 6.58 Å². The van der Waals surface area contributed by atoms with E-state index in [1.165, 1.54) is 0 Å². The van der Waals surface area contributed by atoms with Crippen LogP contribution >= 0.6 is 0 Å². The lowest BCUT2D eigenvalue weighted by Gasteiger charge is -2.25. The molecule has 0 saturated heterocycles. The van der Waals surface area contributed by atoms with Crippen molar-refractivity contribution in [3.63, 3.8) is 0 Å². The van der Waals surface area contributed by atoms with Gasteiger partial charge in [0.2, 0.25) is 5.91 Å². The normalized spacial score (nSPS) is 28.9. The molecule has 2 N–H and O–H groups in total. The molecule has 0 aromatic rings. The third kappa shape index (κ3) is 1.17. The van der Waals surface area contributed by atoms with Gasteiger partial charge in [-0.1, -0.05) is 26.0 Å². The summed E-state index contributed by atoms with van der Waals surface area (Å²) in [6.45, 7) is 8.01. The molecular formula is C9H15NO. The van der Waals surface area contributed by atoms with Crippen molar-refractivity contribution in [2.45, 2.75) is 26.7 Å². The fourth-order valence-corrected chi connectivity index (χ4v) is 1.75. The van der Waals surface area contributed by atoms with Gasteiger partial charge in [0.1, 0.15) is 0 Å². The lowest BCUT2D eigenvalue weighted by molar-refractivity contribution is -0.123. The number of hydrogen-bond acceptors (Lipinski definition) is 1. The average Bonchev–Trinajstić information content (AvgIpc) is 2.08. The molecule has 2 heteroatoms. The van der Waals surface area contributed by atoms with Crippen LogP contribution in [0.15, 0.2) is 12.2 Å². The van der Waals surface area contributed by atoms with E-state index in [1.54, 1.807) is 0 Å². The number of carbonyl (C=O) groups excluding carboxylic acids is 1. The number of carbonyl (C=O) groups is 1. The first kappa shape index (κ1) is 8.31. The van der Waals surface area contributed by atoms with Gasteiger partial charge in [-0.15, -0.1) is 0 Å². The van der Waals surface area contributed by atoms with Crippen molar-refractivity contribution in [3.05, 3.63) is 12.2 Å². The van der Waals surface area contributed by atoms with Gasteiger partial charge in [-0.3, -0.25) is 4.79 Å². The Morgan fingerprint density at radius 3 is 2.45 bits per heavy atom. The molecule has 2 nitrogen and oxygen atoms in total. The van der Waals surface area contributed by atoms with Crippen LogP contribution in [0.4, 0.5) is 0 Å². The highest BCUT2D eigenvalue weighted by molar-refractivity contribution is 5.78. The van der Waals surface area contributed by atoms with Gasteiger partial charge in [0, 0.05) is 5.92 Å². The van der Waals surface area contributed by atoms with Crippen LogP contribution in [-0.2, 0) is 4.79 Å². The summed E-state index contributed by atoms with van der Waals surface area (Å²) in [5.74, 6) is -0.191. The molecule has 0 aliphatic heterocycles. The Bertz CT molecular complexity index is 206. The topological polar surface area (TPSA) is 43.1 Å². The molecule has 62 valence electrons. The Morgan fingerprint density at radius 2 is 2.27 bits per heavy atom. The lowest BCUT2D eigenvalue weighted by atomic mass is 9.79. The minimum atomic E-state index is -0.186. The van der Waals surface area contributed by atoms with Crippen molar-refractivity contribution in [2.75, 3.05) is 0 Å². The zero-order chi connectivity index (χ0) is 8.65. The lowest BCUT2D eigenvalue weighted by Crippen LogP contribution is -2.31. The Hall–Kier alpha value is -0.790. The van der Waals surface area contributed by atoms with E-state index in [0.717, 1.165) is 18.4 Å². The molecule has 1 atom stereocenters. The molecule has 1 amide bonds. The van der Waals surface area contributed by atoms with Gasteiger partial charge >= 0.3 is 0 Å². The predicted molar refractivity (Wildman–Crippen MR) is 44.8 cm³/mol. The Labute approximate surface area is 67.5 Å². The van der Waals surface area contributed by atoms with Gasteiger partial charge in [-0.2, -0.15) is 0 Å². The van der Waals surface area contributed by atoms with Gasteiger partial charge in [0.05, 0.1) is 0 Å². The summed E-state index contributed by atoms with van der Waals surface area (Å²) in [5, 5.41) is 0. The molecule has 1 rings (SSSR count). The van der Waals surface area contributed by atoms with E-state index in [0.29, 0.717) is 0 Å². The summed E-state index contributed by atoms with van der Waals surface area (Å²) in [6.07, 6.45) is 1.82. The largest absolute Gasteiger partial charge is 0.369 e. The van der Waals surface area contributed by atoms with Crippen molar-refractivity contribution < 1.29 is 4.79 Å². The smallest absolute Gasteiger partial charge is 0.221 e. The zero-order valence-corrected chi connectivity index (χ0v) is 7.18. The standard InChI is InChI=1S/C9H15NO/c1-6-4-5-7(8(10)11)9(6,2)3/h7H,1,4-5H2,2-3H3,(H2,10,11). The van der Waals surface area contributed by atoms with Crippen LogP contribution in [0.1, 0.15) is 26.7 Å². The summed E-state index contributed by atoms with van der Waals surface area (Å²) in [6, 6.07) is 0. The number of rotatable bonds is 1. The number of primary amides is 1. The van der Waals surface area contributed by atoms with E-state index < -0.39 is 0 Å². The fraction of sp³-hybridized carbons (Fsp3) is 0.667. The van der Waals surface area contributed by atoms with Crippen molar-refractivity contribution in [1.29, 1.82) is 0 Å². The van der Waals surface area contributed by atoms with Crippen LogP contribution in [0.25, 0.3) is 0 Å². The number of allylic oxidation sites excluding steroid dienone is 1. The second-order valence-corrected chi connectivity index (χ2v) is 3.82. The maximum absolute atomic E-state index is 10.9. The van der Waals surface area contributed by atoms with E-state index in [1.807, 2.05) is 13.8 Å². The van der Waals surface area contributed by atoms with E-state index in [4.69, 9.17) is 5.73 Å². The van der Waals surface area contributed by atoms with Gasteiger partial charge in [-0.05, 0) is 18.3 Å². The van der Waals surface area contributed by atoms with Crippen LogP contribution in [-0.4, -0.2) is 5.91 Å². The Morgan fingerprint density at radius 1 is 1.73 bits per heavy atom. The first-order valence-electron chi connectivity index (χ1n) is 3.94. The first-order valence-corrected chi connectivity index (χ1v) is 3.94. The van der Waals surface area contributed by atoms with Crippen molar-refractivity contribution >= 4 is 5.91 Å². The molecule has 1 unspecified atom stereocenters. The molecule has 1 aliphatic carbocycles. The van der Waals surface area contributed by atoms with Gasteiger partial charge < -0.3 is 5.73 Å². The minimum Gasteiger partial charge on any atom is -0.369 e. The number of amides is 1. The molecule has 0 bridgehead atoms. The molecule has 0 aromatic carbocycles. The van der Waals surface area contributed by atoms with Crippen molar-refractivity contribution in [3.8, 4) is 0 Å². The van der Waals surface area contributed by atoms with E-state index in [-0.39, 0.29) is 17.2 Å². The summed E-state index contributed by atoms with van der Waals surface area (Å²) < 4.78 is 0. The monoisotopic (exact) mass is 153 g/mol. The maximum atomic E-state index is 10.9. The second kappa shape index (κ2) is 2.36. The average molecular weight is 153 g/mol. The quantitative estimate of drug-likeness (QED) is 0.569. The molecule has 1 aliphatic rings. The van der Waals surface area contributed by atoms with Crippen LogP contribution in [0.3, 0.4) is 0 Å². The van der Waals surface area contributed by atoms with Crippen molar-refractivity contribution in [2.24, 2.45) is 17.1 Å². The molecule has 0 radical (unpaired) electrons. The summed E-state index contributed by atoms with van der Waals surface area (Å²) in [7, 11) is 0. The molecule has 11 heavy (non-hydrogen) atoms. The first-order chi connectivity index (χ1) is 4.96. The van der Waals surface area contributed by atoms with Crippen molar-refractivity contribution in [1.82, 2.24) is 0 Å². The predicted octanol–water partition coefficient (Wildman–Crippen LogP) is 1.46. The zero-order valence-electron chi connectivity index (χ0n) is 7.18. The van der Waals surface area contributed by atoms with Crippen LogP contribution in [0.5, 0.6) is 0 Å². The van der Waals surface area contributed by atoms with Gasteiger partial charge in [0.25, 0.3) is 0 Å². The molecule has 0 heterocycles. The number of nitrogens with two attached hydrogens (primary N) is 1. The maximum Gasteiger partial charge on any atom is 0.221 e. The highest BCUT2D eigenvalue weighted by Gasteiger charge is 2.40. The second-order valence-electron chi connectivity index (χ2n) is 3.82. The summed E-state index contributed by atoms with van der Waals surface area (Å²) in [5.41, 5.74) is 6.33. The summed E-state index contributed by atoms with van der Waals surface area (Å²) >= 11 is 0. The van der Waals surface area contributed by atoms with Gasteiger partial charge in [-0.25, -0.2) is 0 Å². The highest BCUT2D eigenvalue weighted by Crippen LogP contribution is 2.45. The third-order valence-corrected chi connectivity index (χ3v) is 2.86. The minimum absolute atomic E-state index is 0.00463. The third-order valence-electron chi connectivity index (χ3n) is 2.86.